The maximum Gasteiger partial charge on any atom is 0.419 e. The van der Waals surface area contributed by atoms with E-state index < -0.39 is 34.4 Å². The molecule has 0 spiro atoms. The largest absolute Gasteiger partial charge is 0.419 e. The summed E-state index contributed by atoms with van der Waals surface area (Å²) in [6.07, 6.45) is -4.78. The van der Waals surface area contributed by atoms with Crippen molar-refractivity contribution in [2.75, 3.05) is 11.9 Å². The van der Waals surface area contributed by atoms with E-state index >= 15 is 0 Å². The van der Waals surface area contributed by atoms with Crippen molar-refractivity contribution in [3.8, 4) is 0 Å². The first-order valence-corrected chi connectivity index (χ1v) is 10.6. The van der Waals surface area contributed by atoms with Crippen molar-refractivity contribution in [2.45, 2.75) is 24.0 Å². The summed E-state index contributed by atoms with van der Waals surface area (Å²) >= 11 is 5.85. The number of benzene rings is 2. The highest BCUT2D eigenvalue weighted by Crippen LogP contribution is 2.19. The number of oxazole rings is 1. The number of fused-ring (bicyclic) bond motifs is 1. The summed E-state index contributed by atoms with van der Waals surface area (Å²) in [4.78, 5) is 23.7. The Balaban J connectivity index is 1.61. The Morgan fingerprint density at radius 2 is 1.81 bits per heavy atom. The third kappa shape index (κ3) is 5.87. The molecule has 0 unspecified atom stereocenters. The quantitative estimate of drug-likeness (QED) is 0.543. The lowest BCUT2D eigenvalue weighted by atomic mass is 10.3. The Hall–Kier alpha value is -2.83. The molecule has 0 saturated carbocycles. The van der Waals surface area contributed by atoms with E-state index in [0.29, 0.717) is 10.5 Å². The van der Waals surface area contributed by atoms with Crippen LogP contribution in [0.3, 0.4) is 0 Å². The molecule has 1 amide bonds. The maximum atomic E-state index is 12.2. The minimum Gasteiger partial charge on any atom is -0.408 e. The zero-order valence-corrected chi connectivity index (χ0v) is 17.1. The van der Waals surface area contributed by atoms with Gasteiger partial charge in [0.15, 0.2) is 5.58 Å². The number of aromatic nitrogens is 1. The molecule has 13 heteroatoms. The van der Waals surface area contributed by atoms with Gasteiger partial charge in [-0.1, -0.05) is 11.6 Å². The predicted molar refractivity (Wildman–Crippen MR) is 106 cm³/mol. The zero-order valence-electron chi connectivity index (χ0n) is 15.6. The molecule has 0 saturated heterocycles. The molecule has 0 radical (unpaired) electrons. The van der Waals surface area contributed by atoms with E-state index in [1.54, 1.807) is 12.1 Å². The smallest absolute Gasteiger partial charge is 0.408 e. The van der Waals surface area contributed by atoms with Crippen LogP contribution in [0.2, 0.25) is 5.02 Å². The molecule has 0 aliphatic rings. The number of aryl methyl sites for hydroxylation is 1. The van der Waals surface area contributed by atoms with Crippen LogP contribution in [0.1, 0.15) is 6.42 Å². The van der Waals surface area contributed by atoms with Gasteiger partial charge in [-0.05, 0) is 36.4 Å². The minimum absolute atomic E-state index is 0.0210. The standard InChI is InChI=1S/C18H15ClF3N3O5S/c19-11-1-6-14-15(9-11)30-17(27)25(14)8-7-16(26)24-12-2-4-13(5-3-12)31(28,29)23-10-18(20,21)22/h1-6,9,23H,7-8,10H2,(H,24,26). The number of carbonyl (C=O) groups excluding carboxylic acids is 1. The van der Waals surface area contributed by atoms with Crippen LogP contribution in [0.25, 0.3) is 11.1 Å². The average molecular weight is 478 g/mol. The van der Waals surface area contributed by atoms with Gasteiger partial charge in [-0.25, -0.2) is 17.9 Å². The first-order valence-electron chi connectivity index (χ1n) is 8.70. The fourth-order valence-corrected chi connectivity index (χ4v) is 3.84. The second-order valence-electron chi connectivity index (χ2n) is 6.39. The average Bonchev–Trinajstić information content (AvgIpc) is 2.99. The highest BCUT2D eigenvalue weighted by Gasteiger charge is 2.30. The van der Waals surface area contributed by atoms with Crippen LogP contribution >= 0.6 is 11.6 Å². The normalized spacial score (nSPS) is 12.3. The predicted octanol–water partition coefficient (Wildman–Crippen LogP) is 3.12. The monoisotopic (exact) mass is 477 g/mol. The number of amides is 1. The topological polar surface area (TPSA) is 110 Å². The number of anilines is 1. The zero-order chi connectivity index (χ0) is 22.8. The molecular formula is C18H15ClF3N3O5S. The van der Waals surface area contributed by atoms with Gasteiger partial charge < -0.3 is 9.73 Å². The molecule has 0 fully saturated rings. The van der Waals surface area contributed by atoms with Gasteiger partial charge in [0.25, 0.3) is 0 Å². The number of alkyl halides is 3. The van der Waals surface area contributed by atoms with Crippen LogP contribution in [0.15, 0.2) is 56.6 Å². The second kappa shape index (κ2) is 8.73. The van der Waals surface area contributed by atoms with E-state index in [9.17, 15) is 31.2 Å². The second-order valence-corrected chi connectivity index (χ2v) is 8.60. The third-order valence-corrected chi connectivity index (χ3v) is 5.76. The van der Waals surface area contributed by atoms with Gasteiger partial charge in [0.2, 0.25) is 15.9 Å². The molecule has 3 rings (SSSR count). The Labute approximate surface area is 178 Å². The number of nitrogens with zero attached hydrogens (tertiary/aromatic N) is 1. The SMILES string of the molecule is O=C(CCn1c(=O)oc2cc(Cl)ccc21)Nc1ccc(S(=O)(=O)NCC(F)(F)F)cc1. The van der Waals surface area contributed by atoms with Crippen molar-refractivity contribution in [2.24, 2.45) is 0 Å². The summed E-state index contributed by atoms with van der Waals surface area (Å²) in [5.41, 5.74) is 0.993. The van der Waals surface area contributed by atoms with E-state index in [1.807, 2.05) is 0 Å². The lowest BCUT2D eigenvalue weighted by Gasteiger charge is -2.10. The highest BCUT2D eigenvalue weighted by atomic mass is 35.5. The molecule has 1 heterocycles. The van der Waals surface area contributed by atoms with Gasteiger partial charge in [-0.2, -0.15) is 13.2 Å². The van der Waals surface area contributed by atoms with Crippen molar-refractivity contribution < 1.29 is 30.8 Å². The molecule has 166 valence electrons. The van der Waals surface area contributed by atoms with Gasteiger partial charge in [0, 0.05) is 29.7 Å². The maximum absolute atomic E-state index is 12.2. The number of nitrogens with one attached hydrogen (secondary N) is 2. The molecular weight excluding hydrogens is 463 g/mol. The van der Waals surface area contributed by atoms with E-state index in [2.05, 4.69) is 5.32 Å². The number of rotatable bonds is 7. The van der Waals surface area contributed by atoms with Crippen LogP contribution in [0, 0.1) is 0 Å². The summed E-state index contributed by atoms with van der Waals surface area (Å²) in [6, 6.07) is 9.25. The van der Waals surface area contributed by atoms with Gasteiger partial charge >= 0.3 is 11.9 Å². The summed E-state index contributed by atoms with van der Waals surface area (Å²) in [7, 11) is -4.35. The summed E-state index contributed by atoms with van der Waals surface area (Å²) in [5.74, 6) is -1.12. The molecule has 2 N–H and O–H groups in total. The first kappa shape index (κ1) is 22.8. The van der Waals surface area contributed by atoms with Crippen molar-refractivity contribution in [3.05, 3.63) is 58.0 Å². The van der Waals surface area contributed by atoms with Crippen molar-refractivity contribution in [1.29, 1.82) is 0 Å². The van der Waals surface area contributed by atoms with Gasteiger partial charge in [0.1, 0.15) is 6.54 Å². The molecule has 0 aliphatic heterocycles. The summed E-state index contributed by atoms with van der Waals surface area (Å²) in [6.45, 7) is -1.67. The number of halogens is 4. The van der Waals surface area contributed by atoms with Gasteiger partial charge in [-0.3, -0.25) is 9.36 Å². The first-order chi connectivity index (χ1) is 14.4. The molecule has 31 heavy (non-hydrogen) atoms. The van der Waals surface area contributed by atoms with E-state index in [1.165, 1.54) is 27.5 Å². The lowest BCUT2D eigenvalue weighted by Crippen LogP contribution is -2.33. The van der Waals surface area contributed by atoms with Gasteiger partial charge in [0.05, 0.1) is 10.4 Å². The van der Waals surface area contributed by atoms with E-state index in [-0.39, 0.29) is 29.1 Å². The van der Waals surface area contributed by atoms with Crippen molar-refractivity contribution in [1.82, 2.24) is 9.29 Å². The van der Waals surface area contributed by atoms with E-state index in [0.717, 1.165) is 12.1 Å². The number of hydrogen-bond acceptors (Lipinski definition) is 5. The molecule has 0 aliphatic carbocycles. The highest BCUT2D eigenvalue weighted by molar-refractivity contribution is 7.89. The summed E-state index contributed by atoms with van der Waals surface area (Å²) in [5, 5.41) is 2.91. The summed E-state index contributed by atoms with van der Waals surface area (Å²) < 4.78 is 68.1. The van der Waals surface area contributed by atoms with E-state index in [4.69, 9.17) is 16.0 Å². The van der Waals surface area contributed by atoms with Crippen LogP contribution in [-0.2, 0) is 21.4 Å². The Bertz CT molecular complexity index is 1270. The Morgan fingerprint density at radius 1 is 1.13 bits per heavy atom. The number of hydrogen-bond donors (Lipinski definition) is 2. The Morgan fingerprint density at radius 3 is 2.45 bits per heavy atom. The van der Waals surface area contributed by atoms with Crippen LogP contribution in [0.4, 0.5) is 18.9 Å². The van der Waals surface area contributed by atoms with Crippen molar-refractivity contribution >= 4 is 44.3 Å². The Kier molecular flexibility index (Phi) is 6.43. The van der Waals surface area contributed by atoms with Crippen LogP contribution < -0.4 is 15.8 Å². The third-order valence-electron chi connectivity index (χ3n) is 4.10. The number of sulfonamides is 1. The van der Waals surface area contributed by atoms with Crippen LogP contribution in [-0.4, -0.2) is 31.6 Å². The van der Waals surface area contributed by atoms with Gasteiger partial charge in [-0.15, -0.1) is 0 Å². The molecule has 3 aromatic rings. The lowest BCUT2D eigenvalue weighted by molar-refractivity contribution is -0.121. The molecule has 8 nitrogen and oxygen atoms in total. The molecule has 0 bridgehead atoms. The molecule has 1 aromatic heterocycles. The molecule has 2 aromatic carbocycles. The number of carbonyl (C=O) groups is 1. The fourth-order valence-electron chi connectivity index (χ4n) is 2.67. The van der Waals surface area contributed by atoms with Crippen LogP contribution in [0.5, 0.6) is 0 Å². The minimum atomic E-state index is -4.68. The fraction of sp³-hybridized carbons (Fsp3) is 0.222. The molecule has 0 atom stereocenters. The van der Waals surface area contributed by atoms with Crippen molar-refractivity contribution in [3.63, 3.8) is 0 Å².